The van der Waals surface area contributed by atoms with Crippen LogP contribution in [-0.4, -0.2) is 26.4 Å². The second kappa shape index (κ2) is 8.01. The van der Waals surface area contributed by atoms with E-state index in [4.69, 9.17) is 5.73 Å². The molecular weight excluding hydrogens is 258 g/mol. The molecule has 0 fully saturated rings. The number of nitrogens with two attached hydrogens (primary N) is 1. The maximum Gasteiger partial charge on any atom is 0.330 e. The predicted octanol–water partition coefficient (Wildman–Crippen LogP) is 0.206. The quantitative estimate of drug-likeness (QED) is 0.667. The van der Waals surface area contributed by atoms with Crippen molar-refractivity contribution in [3.05, 3.63) is 33.1 Å². The highest BCUT2D eigenvalue weighted by Gasteiger charge is 2.13. The third-order valence-corrected chi connectivity index (χ3v) is 3.49. The maximum absolute atomic E-state index is 11.8. The van der Waals surface area contributed by atoms with Gasteiger partial charge in [-0.05, 0) is 25.7 Å². The Morgan fingerprint density at radius 2 is 2.00 bits per heavy atom. The first-order chi connectivity index (χ1) is 9.47. The van der Waals surface area contributed by atoms with E-state index < -0.39 is 6.10 Å². The molecule has 0 amide bonds. The largest absolute Gasteiger partial charge is 0.392 e. The lowest BCUT2D eigenvalue weighted by Crippen LogP contribution is -2.38. The normalized spacial score (nSPS) is 14.2. The molecule has 0 radical (unpaired) electrons. The average Bonchev–Trinajstić information content (AvgIpc) is 2.42. The molecule has 0 saturated carbocycles. The van der Waals surface area contributed by atoms with E-state index in [1.165, 1.54) is 21.4 Å². The van der Waals surface area contributed by atoms with E-state index in [1.54, 1.807) is 7.05 Å². The first kappa shape index (κ1) is 16.7. The fourth-order valence-corrected chi connectivity index (χ4v) is 2.18. The summed E-state index contributed by atoms with van der Waals surface area (Å²) in [4.78, 5) is 23.4. The summed E-state index contributed by atoms with van der Waals surface area (Å²) >= 11 is 0. The van der Waals surface area contributed by atoms with Gasteiger partial charge in [0, 0.05) is 31.9 Å². The van der Waals surface area contributed by atoms with Gasteiger partial charge in [0.25, 0.3) is 5.56 Å². The topological polar surface area (TPSA) is 90.2 Å². The molecule has 0 aliphatic rings. The number of aryl methyl sites for hydroxylation is 1. The van der Waals surface area contributed by atoms with Crippen LogP contribution in [0.5, 0.6) is 0 Å². The van der Waals surface area contributed by atoms with Gasteiger partial charge in [-0.2, -0.15) is 0 Å². The Morgan fingerprint density at radius 3 is 2.65 bits per heavy atom. The molecule has 0 aromatic carbocycles. The van der Waals surface area contributed by atoms with Crippen molar-refractivity contribution in [1.82, 2.24) is 9.13 Å². The highest BCUT2D eigenvalue weighted by Crippen LogP contribution is 2.08. The molecule has 6 nitrogen and oxygen atoms in total. The predicted molar refractivity (Wildman–Crippen MR) is 78.7 cm³/mol. The molecule has 6 heteroatoms. The Hall–Kier alpha value is -1.40. The van der Waals surface area contributed by atoms with E-state index in [1.807, 2.05) is 6.92 Å². The van der Waals surface area contributed by atoms with E-state index in [0.717, 1.165) is 19.3 Å². The molecule has 1 aromatic heterocycles. The molecular formula is C14H25N3O3. The minimum Gasteiger partial charge on any atom is -0.392 e. The lowest BCUT2D eigenvalue weighted by atomic mass is 10.0. The minimum atomic E-state index is -0.509. The number of hydrogen-bond acceptors (Lipinski definition) is 4. The number of unbranched alkanes of at least 4 members (excludes halogenated alkanes) is 1. The van der Waals surface area contributed by atoms with Gasteiger partial charge in [-0.3, -0.25) is 9.36 Å². The summed E-state index contributed by atoms with van der Waals surface area (Å²) in [5.41, 5.74) is 5.24. The Kier molecular flexibility index (Phi) is 6.67. The summed E-state index contributed by atoms with van der Waals surface area (Å²) < 4.78 is 2.60. The van der Waals surface area contributed by atoms with Crippen molar-refractivity contribution < 1.29 is 5.11 Å². The second-order valence-electron chi connectivity index (χ2n) is 5.21. The smallest absolute Gasteiger partial charge is 0.330 e. The summed E-state index contributed by atoms with van der Waals surface area (Å²) in [7, 11) is 1.62. The van der Waals surface area contributed by atoms with Crippen LogP contribution in [0.25, 0.3) is 0 Å². The summed E-state index contributed by atoms with van der Waals surface area (Å²) in [6.45, 7) is 2.41. The summed E-state index contributed by atoms with van der Waals surface area (Å²) in [5.74, 6) is 0. The highest BCUT2D eigenvalue weighted by atomic mass is 16.3. The van der Waals surface area contributed by atoms with Crippen LogP contribution in [0.2, 0.25) is 0 Å². The molecule has 0 aliphatic carbocycles. The monoisotopic (exact) mass is 283 g/mol. The molecule has 114 valence electrons. The van der Waals surface area contributed by atoms with Crippen molar-refractivity contribution in [3.8, 4) is 0 Å². The van der Waals surface area contributed by atoms with Crippen LogP contribution in [0, 0.1) is 0 Å². The van der Waals surface area contributed by atoms with E-state index in [2.05, 4.69) is 0 Å². The second-order valence-corrected chi connectivity index (χ2v) is 5.21. The third-order valence-electron chi connectivity index (χ3n) is 3.49. The van der Waals surface area contributed by atoms with Gasteiger partial charge in [0.2, 0.25) is 0 Å². The van der Waals surface area contributed by atoms with E-state index >= 15 is 0 Å². The Bertz CT molecular complexity index is 521. The lowest BCUT2D eigenvalue weighted by Gasteiger charge is -2.17. The van der Waals surface area contributed by atoms with Crippen molar-refractivity contribution >= 4 is 0 Å². The van der Waals surface area contributed by atoms with E-state index in [-0.39, 0.29) is 17.3 Å². The van der Waals surface area contributed by atoms with Crippen molar-refractivity contribution in [2.45, 2.75) is 57.7 Å². The molecule has 0 spiro atoms. The number of hydrogen-bond donors (Lipinski definition) is 2. The fourth-order valence-electron chi connectivity index (χ4n) is 2.18. The zero-order chi connectivity index (χ0) is 15.1. The van der Waals surface area contributed by atoms with Gasteiger partial charge in [0.15, 0.2) is 0 Å². The average molecular weight is 283 g/mol. The van der Waals surface area contributed by atoms with E-state index in [9.17, 15) is 14.7 Å². The number of rotatable bonds is 8. The van der Waals surface area contributed by atoms with Gasteiger partial charge in [-0.25, -0.2) is 4.79 Å². The third kappa shape index (κ3) is 4.61. The fraction of sp³-hybridized carbons (Fsp3) is 0.714. The molecule has 20 heavy (non-hydrogen) atoms. The van der Waals surface area contributed by atoms with Gasteiger partial charge in [-0.1, -0.05) is 13.3 Å². The van der Waals surface area contributed by atoms with E-state index in [0.29, 0.717) is 19.4 Å². The molecule has 3 N–H and O–H groups in total. The number of nitrogens with zero attached hydrogens (tertiary/aromatic N) is 2. The van der Waals surface area contributed by atoms with Crippen LogP contribution < -0.4 is 17.0 Å². The van der Waals surface area contributed by atoms with Crippen LogP contribution >= 0.6 is 0 Å². The van der Waals surface area contributed by atoms with Crippen molar-refractivity contribution in [3.63, 3.8) is 0 Å². The SMILES string of the molecule is CCCC(N)C(O)CCCCn1c(=O)ccn(C)c1=O. The Morgan fingerprint density at radius 1 is 1.30 bits per heavy atom. The van der Waals surface area contributed by atoms with Crippen LogP contribution in [0.15, 0.2) is 21.9 Å². The number of aliphatic hydroxyl groups is 1. The zero-order valence-corrected chi connectivity index (χ0v) is 12.3. The molecule has 1 rings (SSSR count). The van der Waals surface area contributed by atoms with Gasteiger partial charge in [0.05, 0.1) is 6.10 Å². The maximum atomic E-state index is 11.8. The Balaban J connectivity index is 2.44. The van der Waals surface area contributed by atoms with Gasteiger partial charge < -0.3 is 15.4 Å². The Labute approximate surface area is 118 Å². The van der Waals surface area contributed by atoms with Crippen LogP contribution in [0.3, 0.4) is 0 Å². The van der Waals surface area contributed by atoms with Crippen molar-refractivity contribution in [1.29, 1.82) is 0 Å². The molecule has 1 heterocycles. The standard InChI is InChI=1S/C14H25N3O3/c1-3-6-11(15)12(18)7-4-5-9-17-13(19)8-10-16(2)14(17)20/h8,10-12,18H,3-7,9,15H2,1-2H3. The first-order valence-corrected chi connectivity index (χ1v) is 7.17. The van der Waals surface area contributed by atoms with Crippen LogP contribution in [0.4, 0.5) is 0 Å². The van der Waals surface area contributed by atoms with Gasteiger partial charge in [0.1, 0.15) is 0 Å². The highest BCUT2D eigenvalue weighted by molar-refractivity contribution is 4.85. The van der Waals surface area contributed by atoms with Crippen LogP contribution in [-0.2, 0) is 13.6 Å². The molecule has 1 aromatic rings. The molecule has 2 atom stereocenters. The molecule has 2 unspecified atom stereocenters. The number of aliphatic hydroxyl groups excluding tert-OH is 1. The molecule has 0 saturated heterocycles. The molecule has 0 aliphatic heterocycles. The minimum absolute atomic E-state index is 0.188. The number of aromatic nitrogens is 2. The van der Waals surface area contributed by atoms with Gasteiger partial charge >= 0.3 is 5.69 Å². The summed E-state index contributed by atoms with van der Waals surface area (Å²) in [6, 6.07) is 1.19. The van der Waals surface area contributed by atoms with Crippen molar-refractivity contribution in [2.75, 3.05) is 0 Å². The first-order valence-electron chi connectivity index (χ1n) is 7.17. The van der Waals surface area contributed by atoms with Crippen LogP contribution in [0.1, 0.15) is 39.0 Å². The summed E-state index contributed by atoms with van der Waals surface area (Å²) in [6.07, 6.45) is 4.73. The lowest BCUT2D eigenvalue weighted by molar-refractivity contribution is 0.127. The summed E-state index contributed by atoms with van der Waals surface area (Å²) in [5, 5.41) is 9.84. The van der Waals surface area contributed by atoms with Gasteiger partial charge in [-0.15, -0.1) is 0 Å². The zero-order valence-electron chi connectivity index (χ0n) is 12.3. The van der Waals surface area contributed by atoms with Crippen molar-refractivity contribution in [2.24, 2.45) is 12.8 Å². The molecule has 0 bridgehead atoms.